The van der Waals surface area contributed by atoms with Gasteiger partial charge in [-0.3, -0.25) is 0 Å². The van der Waals surface area contributed by atoms with E-state index in [-0.39, 0.29) is 7.12 Å². The average Bonchev–Trinajstić information content (AvgIpc) is 3.72. The van der Waals surface area contributed by atoms with Crippen LogP contribution in [0.1, 0.15) is 61.3 Å². The number of rotatable bonds is 13. The van der Waals surface area contributed by atoms with E-state index >= 15 is 0 Å². The number of unbranched alkanes of at least 4 members (excludes halogenated alkanes) is 2. The normalized spacial score (nSPS) is 22.1. The van der Waals surface area contributed by atoms with Gasteiger partial charge in [-0.05, 0) is 40.4 Å². The number of ether oxygens (including phenoxy) is 2. The van der Waals surface area contributed by atoms with Crippen molar-refractivity contribution in [3.8, 4) is 0 Å². The summed E-state index contributed by atoms with van der Waals surface area (Å²) in [5.74, 6) is 0.971. The third kappa shape index (κ3) is 5.49. The molecule has 4 aromatic carbocycles. The fourth-order valence-corrected chi connectivity index (χ4v) is 7.31. The molecule has 1 aliphatic carbocycles. The molecule has 1 saturated carbocycles. The predicted octanol–water partition coefficient (Wildman–Crippen LogP) is 8.41. The Kier molecular flexibility index (Phi) is 9.16. The molecule has 0 radical (unpaired) electrons. The molecular weight excluding hydrogens is 531 g/mol. The molecule has 1 aliphatic heterocycles. The minimum atomic E-state index is -0.956. The zero-order valence-corrected chi connectivity index (χ0v) is 25.6. The minimum absolute atomic E-state index is 0.353. The van der Waals surface area contributed by atoms with E-state index in [0.717, 1.165) is 28.7 Å². The predicted molar refractivity (Wildman–Crippen MR) is 173 cm³/mol. The summed E-state index contributed by atoms with van der Waals surface area (Å²) in [6.45, 7) is 2.26. The van der Waals surface area contributed by atoms with Crippen molar-refractivity contribution in [2.24, 2.45) is 5.92 Å². The Morgan fingerprint density at radius 1 is 0.605 bits per heavy atom. The third-order valence-corrected chi connectivity index (χ3v) is 9.60. The molecule has 6 rings (SSSR count). The van der Waals surface area contributed by atoms with Gasteiger partial charge in [-0.25, -0.2) is 0 Å². The van der Waals surface area contributed by atoms with E-state index in [1.165, 1.54) is 25.7 Å². The maximum absolute atomic E-state index is 7.22. The molecule has 0 spiro atoms. The Bertz CT molecular complexity index is 1240. The first kappa shape index (κ1) is 29.8. The van der Waals surface area contributed by atoms with Crippen molar-refractivity contribution in [3.05, 3.63) is 144 Å². The molecule has 43 heavy (non-hydrogen) atoms. The second-order valence-electron chi connectivity index (χ2n) is 12.0. The molecule has 0 N–H and O–H groups in total. The monoisotopic (exact) mass is 574 g/mol. The standard InChI is InChI=1S/C38H43BO4/c1-4-5-10-19-29-28-34(29)39-42-35(37(40-2,30-20-11-6-12-21-30)31-22-13-7-14-23-31)36(43-39)38(41-3,32-24-15-8-16-25-32)33-26-17-9-18-27-33/h6-9,11-18,20-27,29,34-36H,4-5,10,19,28H2,1-3H3/t29-,34-,35+,36+/m0/s1. The lowest BCUT2D eigenvalue weighted by atomic mass is 9.71. The molecule has 0 unspecified atom stereocenters. The number of benzene rings is 4. The Balaban J connectivity index is 1.54. The zero-order valence-electron chi connectivity index (χ0n) is 25.6. The van der Waals surface area contributed by atoms with Crippen molar-refractivity contribution < 1.29 is 18.8 Å². The van der Waals surface area contributed by atoms with Crippen LogP contribution in [-0.2, 0) is 30.0 Å². The summed E-state index contributed by atoms with van der Waals surface area (Å²) >= 11 is 0. The van der Waals surface area contributed by atoms with Crippen LogP contribution in [0.2, 0.25) is 5.82 Å². The highest BCUT2D eigenvalue weighted by Gasteiger charge is 2.65. The molecule has 0 bridgehead atoms. The van der Waals surface area contributed by atoms with Gasteiger partial charge >= 0.3 is 7.12 Å². The molecule has 5 heteroatoms. The zero-order chi connectivity index (χ0) is 29.7. The Morgan fingerprint density at radius 3 is 1.30 bits per heavy atom. The van der Waals surface area contributed by atoms with Crippen molar-refractivity contribution >= 4 is 7.12 Å². The Hall–Kier alpha value is -3.22. The molecule has 4 atom stereocenters. The van der Waals surface area contributed by atoms with Crippen LogP contribution in [0.3, 0.4) is 0 Å². The summed E-state index contributed by atoms with van der Waals surface area (Å²) in [5.41, 5.74) is 2.16. The summed E-state index contributed by atoms with van der Waals surface area (Å²) in [5, 5.41) is 0. The van der Waals surface area contributed by atoms with Gasteiger partial charge in [0, 0.05) is 14.2 Å². The molecule has 0 aromatic heterocycles. The summed E-state index contributed by atoms with van der Waals surface area (Å²) in [6, 6.07) is 41.8. The summed E-state index contributed by atoms with van der Waals surface area (Å²) in [6.07, 6.45) is 5.05. The van der Waals surface area contributed by atoms with Gasteiger partial charge in [0.15, 0.2) is 0 Å². The fraction of sp³-hybridized carbons (Fsp3) is 0.368. The van der Waals surface area contributed by atoms with Crippen molar-refractivity contribution in [2.75, 3.05) is 14.2 Å². The van der Waals surface area contributed by atoms with Gasteiger partial charge in [-0.1, -0.05) is 154 Å². The van der Waals surface area contributed by atoms with E-state index in [2.05, 4.69) is 104 Å². The second-order valence-corrected chi connectivity index (χ2v) is 12.0. The highest BCUT2D eigenvalue weighted by atomic mass is 16.7. The molecule has 0 amide bonds. The van der Waals surface area contributed by atoms with Crippen LogP contribution in [0.5, 0.6) is 0 Å². The topological polar surface area (TPSA) is 36.9 Å². The lowest BCUT2D eigenvalue weighted by molar-refractivity contribution is -0.136. The van der Waals surface area contributed by atoms with E-state index in [1.807, 2.05) is 24.3 Å². The highest BCUT2D eigenvalue weighted by Crippen LogP contribution is 2.57. The van der Waals surface area contributed by atoms with Gasteiger partial charge in [0.05, 0.1) is 0 Å². The number of hydrogen-bond acceptors (Lipinski definition) is 4. The molecule has 1 saturated heterocycles. The van der Waals surface area contributed by atoms with E-state index in [1.54, 1.807) is 14.2 Å². The first-order valence-corrected chi connectivity index (χ1v) is 15.8. The van der Waals surface area contributed by atoms with Crippen LogP contribution in [0, 0.1) is 5.92 Å². The van der Waals surface area contributed by atoms with Crippen molar-refractivity contribution in [3.63, 3.8) is 0 Å². The SMILES string of the molecule is CCCCC[C@H]1C[C@@H]1B1O[C@@H](C(OC)(c2ccccc2)c2ccccc2)[C@H](C(OC)(c2ccccc2)c2ccccc2)O1. The minimum Gasteiger partial charge on any atom is -0.402 e. The van der Waals surface area contributed by atoms with Crippen LogP contribution in [-0.4, -0.2) is 33.5 Å². The van der Waals surface area contributed by atoms with Crippen molar-refractivity contribution in [2.45, 2.75) is 68.3 Å². The quantitative estimate of drug-likeness (QED) is 0.119. The van der Waals surface area contributed by atoms with E-state index < -0.39 is 23.4 Å². The van der Waals surface area contributed by atoms with Gasteiger partial charge in [-0.2, -0.15) is 0 Å². The van der Waals surface area contributed by atoms with Crippen LogP contribution >= 0.6 is 0 Å². The van der Waals surface area contributed by atoms with E-state index in [4.69, 9.17) is 18.8 Å². The van der Waals surface area contributed by atoms with Gasteiger partial charge in [0.2, 0.25) is 0 Å². The molecular formula is C38H43BO4. The summed E-state index contributed by atoms with van der Waals surface area (Å²) in [4.78, 5) is 0. The Labute approximate surface area is 257 Å². The van der Waals surface area contributed by atoms with Gasteiger partial charge in [-0.15, -0.1) is 0 Å². The van der Waals surface area contributed by atoms with Crippen LogP contribution < -0.4 is 0 Å². The van der Waals surface area contributed by atoms with Crippen molar-refractivity contribution in [1.29, 1.82) is 0 Å². The third-order valence-electron chi connectivity index (χ3n) is 9.60. The largest absolute Gasteiger partial charge is 0.461 e. The Morgan fingerprint density at radius 2 is 0.977 bits per heavy atom. The van der Waals surface area contributed by atoms with Gasteiger partial charge in [0.25, 0.3) is 0 Å². The molecule has 1 heterocycles. The fourth-order valence-electron chi connectivity index (χ4n) is 7.31. The van der Waals surface area contributed by atoms with Crippen LogP contribution in [0.25, 0.3) is 0 Å². The second kappa shape index (κ2) is 13.2. The average molecular weight is 575 g/mol. The van der Waals surface area contributed by atoms with E-state index in [0.29, 0.717) is 11.7 Å². The highest BCUT2D eigenvalue weighted by molar-refractivity contribution is 6.48. The molecule has 4 aromatic rings. The molecule has 2 fully saturated rings. The van der Waals surface area contributed by atoms with E-state index in [9.17, 15) is 0 Å². The first-order chi connectivity index (χ1) is 21.2. The maximum atomic E-state index is 7.22. The molecule has 222 valence electrons. The van der Waals surface area contributed by atoms with Gasteiger partial charge < -0.3 is 18.8 Å². The van der Waals surface area contributed by atoms with Crippen LogP contribution in [0.15, 0.2) is 121 Å². The van der Waals surface area contributed by atoms with Crippen LogP contribution in [0.4, 0.5) is 0 Å². The molecule has 4 nitrogen and oxygen atoms in total. The van der Waals surface area contributed by atoms with Crippen molar-refractivity contribution in [1.82, 2.24) is 0 Å². The summed E-state index contributed by atoms with van der Waals surface area (Å²) in [7, 11) is 3.22. The smallest absolute Gasteiger partial charge is 0.402 e. The lowest BCUT2D eigenvalue weighted by Crippen LogP contribution is -2.56. The maximum Gasteiger partial charge on any atom is 0.461 e. The molecule has 2 aliphatic rings. The van der Waals surface area contributed by atoms with Gasteiger partial charge in [0.1, 0.15) is 23.4 Å². The number of hydrogen-bond donors (Lipinski definition) is 0. The first-order valence-electron chi connectivity index (χ1n) is 15.8. The number of methoxy groups -OCH3 is 2. The summed E-state index contributed by atoms with van der Waals surface area (Å²) < 4.78 is 27.9. The lowest BCUT2D eigenvalue weighted by Gasteiger charge is -2.47.